The molecule has 1 aromatic rings. The van der Waals surface area contributed by atoms with E-state index < -0.39 is 5.97 Å². The summed E-state index contributed by atoms with van der Waals surface area (Å²) in [5.74, 6) is -0.800. The van der Waals surface area contributed by atoms with Gasteiger partial charge in [0.1, 0.15) is 6.07 Å². The maximum Gasteiger partial charge on any atom is 0.303 e. The SMILES string of the molecule is CC(C)(CCC(=O)O)Nc1ccc(C#N)c(Br)c1. The highest BCUT2D eigenvalue weighted by molar-refractivity contribution is 9.10. The number of carboxylic acids is 1. The van der Waals surface area contributed by atoms with Crippen LogP contribution >= 0.6 is 15.9 Å². The van der Waals surface area contributed by atoms with Gasteiger partial charge in [0, 0.05) is 22.1 Å². The van der Waals surface area contributed by atoms with Crippen LogP contribution in [0.2, 0.25) is 0 Å². The van der Waals surface area contributed by atoms with Crippen LogP contribution in [0.4, 0.5) is 5.69 Å². The number of nitrogens with one attached hydrogen (secondary N) is 1. The molecule has 0 atom stereocenters. The molecule has 1 rings (SSSR count). The summed E-state index contributed by atoms with van der Waals surface area (Å²) in [4.78, 5) is 10.6. The maximum atomic E-state index is 10.6. The summed E-state index contributed by atoms with van der Waals surface area (Å²) >= 11 is 3.32. The Labute approximate surface area is 115 Å². The molecule has 0 bridgehead atoms. The molecule has 0 aliphatic carbocycles. The minimum atomic E-state index is -0.800. The summed E-state index contributed by atoms with van der Waals surface area (Å²) in [6.07, 6.45) is 0.650. The number of nitrogens with zero attached hydrogens (tertiary/aromatic N) is 1. The van der Waals surface area contributed by atoms with E-state index in [0.717, 1.165) is 10.2 Å². The second-order valence-corrected chi connectivity index (χ2v) is 5.56. The fraction of sp³-hybridized carbons (Fsp3) is 0.385. The van der Waals surface area contributed by atoms with Crippen molar-refractivity contribution in [3.63, 3.8) is 0 Å². The predicted molar refractivity (Wildman–Crippen MR) is 73.4 cm³/mol. The third-order valence-electron chi connectivity index (χ3n) is 2.54. The van der Waals surface area contributed by atoms with Gasteiger partial charge in [-0.05, 0) is 54.4 Å². The number of nitriles is 1. The van der Waals surface area contributed by atoms with Crippen LogP contribution in [0.5, 0.6) is 0 Å². The fourth-order valence-electron chi connectivity index (χ4n) is 1.56. The van der Waals surface area contributed by atoms with Crippen molar-refractivity contribution >= 4 is 27.6 Å². The van der Waals surface area contributed by atoms with Crippen molar-refractivity contribution in [2.24, 2.45) is 0 Å². The van der Waals surface area contributed by atoms with E-state index >= 15 is 0 Å². The standard InChI is InChI=1S/C13H15BrN2O2/c1-13(2,6-5-12(17)18)16-10-4-3-9(8-15)11(14)7-10/h3-4,7,16H,5-6H2,1-2H3,(H,17,18). The molecule has 4 nitrogen and oxygen atoms in total. The predicted octanol–water partition coefficient (Wildman–Crippen LogP) is 3.38. The lowest BCUT2D eigenvalue weighted by Gasteiger charge is -2.27. The zero-order chi connectivity index (χ0) is 13.8. The molecule has 0 aromatic heterocycles. The Morgan fingerprint density at radius 3 is 2.72 bits per heavy atom. The molecular weight excluding hydrogens is 296 g/mol. The molecule has 96 valence electrons. The van der Waals surface area contributed by atoms with E-state index in [1.54, 1.807) is 6.07 Å². The molecule has 0 heterocycles. The molecule has 5 heteroatoms. The molecule has 0 aliphatic rings. The van der Waals surface area contributed by atoms with Crippen LogP contribution in [-0.4, -0.2) is 16.6 Å². The van der Waals surface area contributed by atoms with E-state index in [-0.39, 0.29) is 12.0 Å². The van der Waals surface area contributed by atoms with Gasteiger partial charge in [-0.1, -0.05) is 0 Å². The first-order valence-corrected chi connectivity index (χ1v) is 6.33. The summed E-state index contributed by atoms with van der Waals surface area (Å²) in [6.45, 7) is 3.89. The topological polar surface area (TPSA) is 73.1 Å². The van der Waals surface area contributed by atoms with Crippen LogP contribution < -0.4 is 5.32 Å². The third-order valence-corrected chi connectivity index (χ3v) is 3.19. The number of aliphatic carboxylic acids is 1. The van der Waals surface area contributed by atoms with Crippen LogP contribution in [-0.2, 0) is 4.79 Å². The van der Waals surface area contributed by atoms with Gasteiger partial charge >= 0.3 is 5.97 Å². The van der Waals surface area contributed by atoms with E-state index in [1.165, 1.54) is 0 Å². The number of rotatable bonds is 5. The van der Waals surface area contributed by atoms with Crippen molar-refractivity contribution in [3.05, 3.63) is 28.2 Å². The third kappa shape index (κ3) is 4.38. The number of anilines is 1. The first kappa shape index (κ1) is 14.5. The Bertz CT molecular complexity index is 492. The van der Waals surface area contributed by atoms with Crippen LogP contribution in [0.25, 0.3) is 0 Å². The van der Waals surface area contributed by atoms with E-state index in [2.05, 4.69) is 27.3 Å². The summed E-state index contributed by atoms with van der Waals surface area (Å²) in [7, 11) is 0. The minimum absolute atomic E-state index is 0.122. The number of carboxylic acid groups (broad SMARTS) is 1. The molecule has 18 heavy (non-hydrogen) atoms. The van der Waals surface area contributed by atoms with Gasteiger partial charge in [0.05, 0.1) is 5.56 Å². The Morgan fingerprint density at radius 2 is 2.22 bits per heavy atom. The minimum Gasteiger partial charge on any atom is -0.481 e. The van der Waals surface area contributed by atoms with Gasteiger partial charge in [0.15, 0.2) is 0 Å². The van der Waals surface area contributed by atoms with Gasteiger partial charge in [0.2, 0.25) is 0 Å². The first-order chi connectivity index (χ1) is 8.34. The fourth-order valence-corrected chi connectivity index (χ4v) is 2.02. The largest absolute Gasteiger partial charge is 0.481 e. The van der Waals surface area contributed by atoms with E-state index in [4.69, 9.17) is 10.4 Å². The molecule has 1 aromatic carbocycles. The number of carbonyl (C=O) groups is 1. The zero-order valence-electron chi connectivity index (χ0n) is 10.3. The maximum absolute atomic E-state index is 10.6. The van der Waals surface area contributed by atoms with Gasteiger partial charge in [0.25, 0.3) is 0 Å². The highest BCUT2D eigenvalue weighted by Gasteiger charge is 2.19. The number of hydrogen-bond acceptors (Lipinski definition) is 3. The van der Waals surface area contributed by atoms with Gasteiger partial charge in [-0.2, -0.15) is 5.26 Å². The van der Waals surface area contributed by atoms with Crippen molar-refractivity contribution in [1.29, 1.82) is 5.26 Å². The molecule has 0 amide bonds. The lowest BCUT2D eigenvalue weighted by atomic mass is 9.98. The number of halogens is 1. The lowest BCUT2D eigenvalue weighted by molar-refractivity contribution is -0.137. The normalized spacial score (nSPS) is 10.8. The second kappa shape index (κ2) is 5.87. The first-order valence-electron chi connectivity index (χ1n) is 5.54. The molecule has 0 fully saturated rings. The summed E-state index contributed by atoms with van der Waals surface area (Å²) < 4.78 is 0.726. The Morgan fingerprint density at radius 1 is 1.56 bits per heavy atom. The average Bonchev–Trinajstić information content (AvgIpc) is 2.26. The Hall–Kier alpha value is -1.54. The van der Waals surface area contributed by atoms with Gasteiger partial charge in [-0.3, -0.25) is 4.79 Å². The van der Waals surface area contributed by atoms with Crippen LogP contribution in [0.3, 0.4) is 0 Å². The Balaban J connectivity index is 2.75. The molecule has 0 aliphatic heterocycles. The van der Waals surface area contributed by atoms with E-state index in [0.29, 0.717) is 12.0 Å². The Kier molecular flexibility index (Phi) is 4.74. The van der Waals surface area contributed by atoms with Crippen LogP contribution in [0, 0.1) is 11.3 Å². The molecule has 0 radical (unpaired) electrons. The highest BCUT2D eigenvalue weighted by atomic mass is 79.9. The summed E-state index contributed by atoms with van der Waals surface area (Å²) in [6, 6.07) is 7.43. The molecule has 2 N–H and O–H groups in total. The average molecular weight is 311 g/mol. The molecule has 0 spiro atoms. The molecular formula is C13H15BrN2O2. The van der Waals surface area contributed by atoms with Crippen molar-refractivity contribution in [2.75, 3.05) is 5.32 Å². The number of benzene rings is 1. The van der Waals surface area contributed by atoms with Crippen molar-refractivity contribution in [2.45, 2.75) is 32.2 Å². The second-order valence-electron chi connectivity index (χ2n) is 4.71. The van der Waals surface area contributed by atoms with Gasteiger partial charge in [-0.25, -0.2) is 0 Å². The summed E-state index contributed by atoms with van der Waals surface area (Å²) in [5, 5.41) is 20.8. The zero-order valence-corrected chi connectivity index (χ0v) is 11.9. The van der Waals surface area contributed by atoms with Crippen molar-refractivity contribution in [1.82, 2.24) is 0 Å². The smallest absolute Gasteiger partial charge is 0.303 e. The van der Waals surface area contributed by atoms with Gasteiger partial charge < -0.3 is 10.4 Å². The molecule has 0 saturated carbocycles. The quantitative estimate of drug-likeness (QED) is 0.874. The van der Waals surface area contributed by atoms with Crippen LogP contribution in [0.1, 0.15) is 32.3 Å². The van der Waals surface area contributed by atoms with Crippen LogP contribution in [0.15, 0.2) is 22.7 Å². The highest BCUT2D eigenvalue weighted by Crippen LogP contribution is 2.25. The molecule has 0 saturated heterocycles. The van der Waals surface area contributed by atoms with Crippen molar-refractivity contribution in [3.8, 4) is 6.07 Å². The van der Waals surface area contributed by atoms with E-state index in [9.17, 15) is 4.79 Å². The summed E-state index contributed by atoms with van der Waals surface area (Å²) in [5.41, 5.74) is 1.12. The molecule has 0 unspecified atom stereocenters. The van der Waals surface area contributed by atoms with E-state index in [1.807, 2.05) is 26.0 Å². The monoisotopic (exact) mass is 310 g/mol. The van der Waals surface area contributed by atoms with Gasteiger partial charge in [-0.15, -0.1) is 0 Å². The number of hydrogen-bond donors (Lipinski definition) is 2. The lowest BCUT2D eigenvalue weighted by Crippen LogP contribution is -2.31. The van der Waals surface area contributed by atoms with Crippen molar-refractivity contribution < 1.29 is 9.90 Å².